The molecule has 3 aromatic rings. The summed E-state index contributed by atoms with van der Waals surface area (Å²) in [6.07, 6.45) is 0.222. The highest BCUT2D eigenvalue weighted by molar-refractivity contribution is 7.15. The predicted molar refractivity (Wildman–Crippen MR) is 94.2 cm³/mol. The number of carbonyl (C=O) groups is 2. The molecule has 0 saturated carbocycles. The number of nitrogens with zero attached hydrogens (tertiary/aromatic N) is 4. The van der Waals surface area contributed by atoms with Gasteiger partial charge in [-0.15, -0.1) is 16.4 Å². The number of fused-ring (bicyclic) bond motifs is 1. The third kappa shape index (κ3) is 3.12. The van der Waals surface area contributed by atoms with Crippen molar-refractivity contribution < 1.29 is 9.59 Å². The molecule has 0 aliphatic carbocycles. The van der Waals surface area contributed by atoms with E-state index in [-0.39, 0.29) is 30.1 Å². The molecule has 8 heteroatoms. The molecule has 1 atom stereocenters. The number of aromatic nitrogens is 3. The maximum atomic E-state index is 12.5. The zero-order chi connectivity index (χ0) is 17.4. The first kappa shape index (κ1) is 15.8. The first-order chi connectivity index (χ1) is 12.1. The van der Waals surface area contributed by atoms with Crippen LogP contribution in [0.4, 0.5) is 5.95 Å². The summed E-state index contributed by atoms with van der Waals surface area (Å²) in [5.74, 6) is -0.300. The Morgan fingerprint density at radius 1 is 1.36 bits per heavy atom. The predicted octanol–water partition coefficient (Wildman–Crippen LogP) is 2.09. The highest BCUT2D eigenvalue weighted by atomic mass is 32.1. The van der Waals surface area contributed by atoms with E-state index in [9.17, 15) is 9.59 Å². The minimum atomic E-state index is -0.376. The highest BCUT2D eigenvalue weighted by Gasteiger charge is 2.34. The van der Waals surface area contributed by atoms with Crippen molar-refractivity contribution in [2.45, 2.75) is 19.9 Å². The summed E-state index contributed by atoms with van der Waals surface area (Å²) in [6.45, 7) is 2.88. The van der Waals surface area contributed by atoms with Crippen molar-refractivity contribution in [3.05, 3.63) is 47.0 Å². The second-order valence-corrected chi connectivity index (χ2v) is 6.99. The molecule has 25 heavy (non-hydrogen) atoms. The molecule has 7 nitrogen and oxygen atoms in total. The number of amides is 2. The number of aryl methyl sites for hydroxylation is 1. The van der Waals surface area contributed by atoms with Gasteiger partial charge in [0.05, 0.1) is 11.6 Å². The second kappa shape index (κ2) is 6.29. The number of hydrogen-bond acceptors (Lipinski definition) is 5. The Labute approximate surface area is 148 Å². The van der Waals surface area contributed by atoms with E-state index in [0.717, 1.165) is 16.2 Å². The monoisotopic (exact) mass is 355 g/mol. The van der Waals surface area contributed by atoms with Gasteiger partial charge in [0.25, 0.3) is 0 Å². The molecule has 128 valence electrons. The fourth-order valence-corrected chi connectivity index (χ4v) is 3.76. The van der Waals surface area contributed by atoms with Gasteiger partial charge in [-0.1, -0.05) is 30.3 Å². The molecule has 0 bridgehead atoms. The molecule has 4 rings (SSSR count). The van der Waals surface area contributed by atoms with Crippen LogP contribution in [0.2, 0.25) is 0 Å². The Hall–Kier alpha value is -2.74. The van der Waals surface area contributed by atoms with E-state index in [0.29, 0.717) is 13.1 Å². The van der Waals surface area contributed by atoms with Gasteiger partial charge in [0, 0.05) is 24.9 Å². The van der Waals surface area contributed by atoms with Crippen LogP contribution < -0.4 is 5.32 Å². The minimum absolute atomic E-state index is 0.00127. The molecule has 1 saturated heterocycles. The lowest BCUT2D eigenvalue weighted by Crippen LogP contribution is -2.28. The average Bonchev–Trinajstić information content (AvgIpc) is 3.26. The van der Waals surface area contributed by atoms with Gasteiger partial charge in [0.15, 0.2) is 0 Å². The molecule has 3 heterocycles. The Bertz CT molecular complexity index is 933. The first-order valence-electron chi connectivity index (χ1n) is 8.03. The molecule has 2 aromatic heterocycles. The van der Waals surface area contributed by atoms with E-state index in [2.05, 4.69) is 15.4 Å². The number of benzene rings is 1. The van der Waals surface area contributed by atoms with Gasteiger partial charge in [0.1, 0.15) is 0 Å². The van der Waals surface area contributed by atoms with Gasteiger partial charge in [-0.3, -0.25) is 14.9 Å². The summed E-state index contributed by atoms with van der Waals surface area (Å²) in [4.78, 5) is 31.4. The van der Waals surface area contributed by atoms with Crippen molar-refractivity contribution in [3.8, 4) is 0 Å². The number of carbonyl (C=O) groups excluding carboxylic acids is 2. The average molecular weight is 355 g/mol. The van der Waals surface area contributed by atoms with Crippen LogP contribution in [-0.4, -0.2) is 37.9 Å². The largest absolute Gasteiger partial charge is 0.338 e. The van der Waals surface area contributed by atoms with Crippen LogP contribution in [0, 0.1) is 12.8 Å². The first-order valence-corrected chi connectivity index (χ1v) is 8.91. The van der Waals surface area contributed by atoms with Crippen molar-refractivity contribution >= 4 is 34.1 Å². The molecule has 1 fully saturated rings. The number of nitrogens with one attached hydrogen (secondary N) is 1. The number of hydrogen-bond donors (Lipinski definition) is 1. The van der Waals surface area contributed by atoms with E-state index in [4.69, 9.17) is 0 Å². The Morgan fingerprint density at radius 2 is 2.16 bits per heavy atom. The lowest BCUT2D eigenvalue weighted by molar-refractivity contribution is -0.128. The molecular weight excluding hydrogens is 338 g/mol. The molecule has 1 aliphatic rings. The number of likely N-dealkylation sites (tertiary alicyclic amines) is 1. The fourth-order valence-electron chi connectivity index (χ4n) is 2.96. The van der Waals surface area contributed by atoms with E-state index in [1.54, 1.807) is 9.42 Å². The summed E-state index contributed by atoms with van der Waals surface area (Å²) >= 11 is 1.47. The van der Waals surface area contributed by atoms with Crippen LogP contribution in [0.15, 0.2) is 35.7 Å². The Balaban J connectivity index is 1.41. The maximum absolute atomic E-state index is 12.5. The van der Waals surface area contributed by atoms with E-state index >= 15 is 0 Å². The van der Waals surface area contributed by atoms with Gasteiger partial charge in [-0.2, -0.15) is 4.98 Å². The molecule has 1 unspecified atom stereocenters. The van der Waals surface area contributed by atoms with Crippen LogP contribution in [0.5, 0.6) is 0 Å². The lowest BCUT2D eigenvalue weighted by atomic mass is 10.1. The fraction of sp³-hybridized carbons (Fsp3) is 0.294. The van der Waals surface area contributed by atoms with Crippen LogP contribution in [0.1, 0.15) is 17.7 Å². The SMILES string of the molecule is Cc1csc2nc(NC(=O)C3CC(=O)N(Cc4ccccc4)C3)nn12. The summed E-state index contributed by atoms with van der Waals surface area (Å²) < 4.78 is 1.70. The zero-order valence-electron chi connectivity index (χ0n) is 13.7. The van der Waals surface area contributed by atoms with E-state index < -0.39 is 0 Å². The minimum Gasteiger partial charge on any atom is -0.338 e. The van der Waals surface area contributed by atoms with Crippen molar-refractivity contribution in [1.82, 2.24) is 19.5 Å². The Morgan fingerprint density at radius 3 is 2.92 bits per heavy atom. The quantitative estimate of drug-likeness (QED) is 0.777. The molecule has 1 aromatic carbocycles. The van der Waals surface area contributed by atoms with Crippen LogP contribution in [0.25, 0.3) is 4.96 Å². The third-order valence-corrected chi connectivity index (χ3v) is 5.22. The summed E-state index contributed by atoms with van der Waals surface area (Å²) in [7, 11) is 0. The van der Waals surface area contributed by atoms with Crippen molar-refractivity contribution in [3.63, 3.8) is 0 Å². The summed E-state index contributed by atoms with van der Waals surface area (Å²) in [5, 5.41) is 8.97. The van der Waals surface area contributed by atoms with Crippen molar-refractivity contribution in [2.75, 3.05) is 11.9 Å². The molecule has 1 aliphatic heterocycles. The topological polar surface area (TPSA) is 79.6 Å². The van der Waals surface area contributed by atoms with Gasteiger partial charge >= 0.3 is 0 Å². The maximum Gasteiger partial charge on any atom is 0.250 e. The van der Waals surface area contributed by atoms with Gasteiger partial charge in [-0.05, 0) is 12.5 Å². The lowest BCUT2D eigenvalue weighted by Gasteiger charge is -2.16. The van der Waals surface area contributed by atoms with Gasteiger partial charge in [0.2, 0.25) is 22.7 Å². The van der Waals surface area contributed by atoms with Crippen LogP contribution in [-0.2, 0) is 16.1 Å². The third-order valence-electron chi connectivity index (χ3n) is 4.28. The Kier molecular flexibility index (Phi) is 3.96. The van der Waals surface area contributed by atoms with E-state index in [1.807, 2.05) is 42.6 Å². The standard InChI is InChI=1S/C17H17N5O2S/c1-11-10-25-17-19-16(20-22(11)17)18-15(24)13-7-14(23)21(9-13)8-12-5-3-2-4-6-12/h2-6,10,13H,7-9H2,1H3,(H,18,20,24). The highest BCUT2D eigenvalue weighted by Crippen LogP contribution is 2.22. The van der Waals surface area contributed by atoms with Crippen LogP contribution >= 0.6 is 11.3 Å². The van der Waals surface area contributed by atoms with Gasteiger partial charge < -0.3 is 4.90 Å². The number of thiazole rings is 1. The second-order valence-electron chi connectivity index (χ2n) is 6.16. The van der Waals surface area contributed by atoms with Crippen molar-refractivity contribution in [2.24, 2.45) is 5.92 Å². The molecule has 2 amide bonds. The zero-order valence-corrected chi connectivity index (χ0v) is 14.5. The van der Waals surface area contributed by atoms with Gasteiger partial charge in [-0.25, -0.2) is 4.52 Å². The van der Waals surface area contributed by atoms with E-state index in [1.165, 1.54) is 11.3 Å². The summed E-state index contributed by atoms with van der Waals surface area (Å²) in [5.41, 5.74) is 2.03. The number of rotatable bonds is 4. The number of anilines is 1. The molecule has 1 N–H and O–H groups in total. The van der Waals surface area contributed by atoms with Crippen LogP contribution in [0.3, 0.4) is 0 Å². The molecule has 0 spiro atoms. The summed E-state index contributed by atoms with van der Waals surface area (Å²) in [6, 6.07) is 9.78. The normalized spacial score (nSPS) is 17.4. The smallest absolute Gasteiger partial charge is 0.250 e. The molecule has 0 radical (unpaired) electrons. The molecular formula is C17H17N5O2S. The van der Waals surface area contributed by atoms with Crippen molar-refractivity contribution in [1.29, 1.82) is 0 Å².